The van der Waals surface area contributed by atoms with Crippen molar-refractivity contribution in [2.45, 2.75) is 13.3 Å². The summed E-state index contributed by atoms with van der Waals surface area (Å²) in [4.78, 5) is 8.72. The zero-order valence-electron chi connectivity index (χ0n) is 9.40. The number of fused-ring (bicyclic) bond motifs is 1. The van der Waals surface area contributed by atoms with Gasteiger partial charge in [0.05, 0.1) is 19.2 Å². The first-order valence-corrected chi connectivity index (χ1v) is 5.16. The molecule has 0 radical (unpaired) electrons. The standard InChI is InChI=1S/C12H14N2O2/c1-8-10-4-3-9(16-2)7-11(10)14-12(13-8)5-6-15/h3-4,7,15H,5-6H2,1-2H3. The van der Waals surface area contributed by atoms with E-state index in [0.717, 1.165) is 22.3 Å². The monoisotopic (exact) mass is 218 g/mol. The maximum Gasteiger partial charge on any atom is 0.131 e. The molecule has 0 unspecified atom stereocenters. The molecule has 16 heavy (non-hydrogen) atoms. The quantitative estimate of drug-likeness (QED) is 0.847. The van der Waals surface area contributed by atoms with Crippen LogP contribution in [0.5, 0.6) is 5.75 Å². The summed E-state index contributed by atoms with van der Waals surface area (Å²) in [6.07, 6.45) is 0.480. The molecule has 1 aromatic heterocycles. The van der Waals surface area contributed by atoms with Gasteiger partial charge in [-0.2, -0.15) is 0 Å². The van der Waals surface area contributed by atoms with Crippen LogP contribution in [0.25, 0.3) is 10.9 Å². The van der Waals surface area contributed by atoms with E-state index in [1.807, 2.05) is 25.1 Å². The fourth-order valence-electron chi connectivity index (χ4n) is 1.67. The molecular weight excluding hydrogens is 204 g/mol. The molecule has 0 aliphatic rings. The van der Waals surface area contributed by atoms with Gasteiger partial charge in [-0.1, -0.05) is 0 Å². The Bertz CT molecular complexity index is 512. The van der Waals surface area contributed by atoms with Crippen LogP contribution in [-0.4, -0.2) is 28.8 Å². The van der Waals surface area contributed by atoms with Crippen LogP contribution in [0.15, 0.2) is 18.2 Å². The third-order valence-corrected chi connectivity index (χ3v) is 2.48. The average Bonchev–Trinajstić information content (AvgIpc) is 2.28. The number of nitrogens with zero attached hydrogens (tertiary/aromatic N) is 2. The van der Waals surface area contributed by atoms with E-state index in [1.165, 1.54) is 0 Å². The fraction of sp³-hybridized carbons (Fsp3) is 0.333. The summed E-state index contributed by atoms with van der Waals surface area (Å²) in [5.74, 6) is 1.45. The molecule has 0 bridgehead atoms. The molecule has 0 spiro atoms. The van der Waals surface area contributed by atoms with Crippen LogP contribution >= 0.6 is 0 Å². The number of hydrogen-bond acceptors (Lipinski definition) is 4. The van der Waals surface area contributed by atoms with Gasteiger partial charge in [0.25, 0.3) is 0 Å². The fourth-order valence-corrected chi connectivity index (χ4v) is 1.67. The average molecular weight is 218 g/mol. The van der Waals surface area contributed by atoms with Gasteiger partial charge >= 0.3 is 0 Å². The number of aliphatic hydroxyl groups is 1. The highest BCUT2D eigenvalue weighted by atomic mass is 16.5. The van der Waals surface area contributed by atoms with E-state index in [9.17, 15) is 0 Å². The Labute approximate surface area is 93.9 Å². The van der Waals surface area contributed by atoms with E-state index in [0.29, 0.717) is 12.2 Å². The van der Waals surface area contributed by atoms with Crippen molar-refractivity contribution < 1.29 is 9.84 Å². The Morgan fingerprint density at radius 3 is 2.81 bits per heavy atom. The van der Waals surface area contributed by atoms with Crippen LogP contribution in [0.2, 0.25) is 0 Å². The van der Waals surface area contributed by atoms with Gasteiger partial charge in [-0.05, 0) is 19.1 Å². The number of benzene rings is 1. The first-order valence-electron chi connectivity index (χ1n) is 5.16. The SMILES string of the molecule is COc1ccc2c(C)nc(CCO)nc2c1. The van der Waals surface area contributed by atoms with Gasteiger partial charge in [0.2, 0.25) is 0 Å². The maximum absolute atomic E-state index is 8.88. The van der Waals surface area contributed by atoms with Crippen molar-refractivity contribution in [3.8, 4) is 5.75 Å². The predicted molar refractivity (Wildman–Crippen MR) is 61.6 cm³/mol. The third-order valence-electron chi connectivity index (χ3n) is 2.48. The number of aliphatic hydroxyl groups excluding tert-OH is 1. The van der Waals surface area contributed by atoms with Crippen molar-refractivity contribution in [1.29, 1.82) is 0 Å². The number of rotatable bonds is 3. The summed E-state index contributed by atoms with van der Waals surface area (Å²) >= 11 is 0. The van der Waals surface area contributed by atoms with Crippen molar-refractivity contribution in [3.63, 3.8) is 0 Å². The van der Waals surface area contributed by atoms with Gasteiger partial charge in [0, 0.05) is 23.6 Å². The van der Waals surface area contributed by atoms with Crippen molar-refractivity contribution in [2.24, 2.45) is 0 Å². The van der Waals surface area contributed by atoms with Gasteiger partial charge < -0.3 is 9.84 Å². The number of ether oxygens (including phenoxy) is 1. The van der Waals surface area contributed by atoms with Gasteiger partial charge in [-0.3, -0.25) is 0 Å². The lowest BCUT2D eigenvalue weighted by Crippen LogP contribution is -2.01. The largest absolute Gasteiger partial charge is 0.497 e. The zero-order valence-corrected chi connectivity index (χ0v) is 9.40. The molecule has 1 heterocycles. The molecule has 0 saturated heterocycles. The molecule has 4 nitrogen and oxygen atoms in total. The number of aryl methyl sites for hydroxylation is 1. The Hall–Kier alpha value is -1.68. The Kier molecular flexibility index (Phi) is 3.01. The van der Waals surface area contributed by atoms with E-state index in [2.05, 4.69) is 9.97 Å². The second kappa shape index (κ2) is 4.45. The second-order valence-electron chi connectivity index (χ2n) is 3.58. The number of methoxy groups -OCH3 is 1. The molecule has 1 aromatic carbocycles. The van der Waals surface area contributed by atoms with Crippen LogP contribution in [-0.2, 0) is 6.42 Å². The normalized spacial score (nSPS) is 10.7. The highest BCUT2D eigenvalue weighted by Crippen LogP contribution is 2.21. The van der Waals surface area contributed by atoms with Crippen molar-refractivity contribution in [3.05, 3.63) is 29.7 Å². The summed E-state index contributed by atoms with van der Waals surface area (Å²) in [6.45, 7) is 2.01. The van der Waals surface area contributed by atoms with E-state index in [1.54, 1.807) is 7.11 Å². The molecule has 1 N–H and O–H groups in total. The minimum atomic E-state index is 0.0644. The van der Waals surface area contributed by atoms with E-state index in [4.69, 9.17) is 9.84 Å². The van der Waals surface area contributed by atoms with Gasteiger partial charge in [-0.25, -0.2) is 9.97 Å². The lowest BCUT2D eigenvalue weighted by molar-refractivity contribution is 0.296. The van der Waals surface area contributed by atoms with Crippen molar-refractivity contribution in [1.82, 2.24) is 9.97 Å². The summed E-state index contributed by atoms with van der Waals surface area (Å²) in [7, 11) is 1.63. The smallest absolute Gasteiger partial charge is 0.131 e. The first kappa shape index (κ1) is 10.8. The maximum atomic E-state index is 8.88. The van der Waals surface area contributed by atoms with Crippen LogP contribution < -0.4 is 4.74 Å². The minimum Gasteiger partial charge on any atom is -0.497 e. The van der Waals surface area contributed by atoms with Gasteiger partial charge in [-0.15, -0.1) is 0 Å². The summed E-state index contributed by atoms with van der Waals surface area (Å²) in [6, 6.07) is 5.72. The lowest BCUT2D eigenvalue weighted by atomic mass is 10.2. The van der Waals surface area contributed by atoms with Gasteiger partial charge in [0.15, 0.2) is 0 Å². The molecule has 0 aliphatic carbocycles. The molecular formula is C12H14N2O2. The van der Waals surface area contributed by atoms with E-state index >= 15 is 0 Å². The van der Waals surface area contributed by atoms with Crippen molar-refractivity contribution >= 4 is 10.9 Å². The van der Waals surface area contributed by atoms with Gasteiger partial charge in [0.1, 0.15) is 11.6 Å². The molecule has 0 atom stereocenters. The molecule has 84 valence electrons. The number of hydrogen-bond donors (Lipinski definition) is 1. The Balaban J connectivity index is 2.58. The molecule has 0 saturated carbocycles. The van der Waals surface area contributed by atoms with Crippen LogP contribution in [0.3, 0.4) is 0 Å². The van der Waals surface area contributed by atoms with Crippen LogP contribution in [0.4, 0.5) is 0 Å². The number of aromatic nitrogens is 2. The molecule has 0 fully saturated rings. The predicted octanol–water partition coefficient (Wildman–Crippen LogP) is 1.48. The van der Waals surface area contributed by atoms with Crippen molar-refractivity contribution in [2.75, 3.05) is 13.7 Å². The topological polar surface area (TPSA) is 55.2 Å². The molecule has 2 aromatic rings. The Morgan fingerprint density at radius 1 is 1.31 bits per heavy atom. The Morgan fingerprint density at radius 2 is 2.12 bits per heavy atom. The van der Waals surface area contributed by atoms with E-state index < -0.39 is 0 Å². The summed E-state index contributed by atoms with van der Waals surface area (Å²) in [5, 5.41) is 9.89. The summed E-state index contributed by atoms with van der Waals surface area (Å²) < 4.78 is 5.15. The van der Waals surface area contributed by atoms with Crippen LogP contribution in [0, 0.1) is 6.92 Å². The lowest BCUT2D eigenvalue weighted by Gasteiger charge is -2.06. The third kappa shape index (κ3) is 1.97. The molecule has 0 aliphatic heterocycles. The second-order valence-corrected chi connectivity index (χ2v) is 3.58. The zero-order chi connectivity index (χ0) is 11.5. The minimum absolute atomic E-state index is 0.0644. The highest BCUT2D eigenvalue weighted by molar-refractivity contribution is 5.82. The molecule has 4 heteroatoms. The first-order chi connectivity index (χ1) is 7.74. The molecule has 0 amide bonds. The van der Waals surface area contributed by atoms with E-state index in [-0.39, 0.29) is 6.61 Å². The summed E-state index contributed by atoms with van der Waals surface area (Å²) in [5.41, 5.74) is 1.78. The molecule has 2 rings (SSSR count). The van der Waals surface area contributed by atoms with Crippen LogP contribution in [0.1, 0.15) is 11.5 Å². The highest BCUT2D eigenvalue weighted by Gasteiger charge is 2.05.